The number of hydrogen-bond donors (Lipinski definition) is 1. The van der Waals surface area contributed by atoms with Crippen LogP contribution < -0.4 is 5.32 Å². The molecule has 72 valence electrons. The molecule has 0 aliphatic carbocycles. The molecule has 2 heterocycles. The summed E-state index contributed by atoms with van der Waals surface area (Å²) in [5.41, 5.74) is 0. The second-order valence-electron chi connectivity index (χ2n) is 3.24. The smallest absolute Gasteiger partial charge is 0.123 e. The topological polar surface area (TPSA) is 34.4 Å². The van der Waals surface area contributed by atoms with Gasteiger partial charge in [0.15, 0.2) is 0 Å². The molecule has 3 heteroatoms. The molecular formula is C10H15NO2. The third-order valence-corrected chi connectivity index (χ3v) is 2.30. The molecule has 13 heavy (non-hydrogen) atoms. The number of rotatable bonds is 2. The van der Waals surface area contributed by atoms with E-state index < -0.39 is 0 Å². The third kappa shape index (κ3) is 1.92. The fourth-order valence-corrected chi connectivity index (χ4v) is 1.52. The Morgan fingerprint density at radius 2 is 2.46 bits per heavy atom. The quantitative estimate of drug-likeness (QED) is 0.750. The van der Waals surface area contributed by atoms with Crippen molar-refractivity contribution in [1.29, 1.82) is 0 Å². The lowest BCUT2D eigenvalue weighted by atomic mass is 10.2. The summed E-state index contributed by atoms with van der Waals surface area (Å²) in [4.78, 5) is 0. The number of furan rings is 1. The van der Waals surface area contributed by atoms with Gasteiger partial charge in [-0.1, -0.05) is 6.92 Å². The van der Waals surface area contributed by atoms with Crippen LogP contribution in [0.2, 0.25) is 0 Å². The van der Waals surface area contributed by atoms with Gasteiger partial charge in [0.1, 0.15) is 11.5 Å². The summed E-state index contributed by atoms with van der Waals surface area (Å²) < 4.78 is 11.0. The zero-order chi connectivity index (χ0) is 9.10. The van der Waals surface area contributed by atoms with E-state index >= 15 is 0 Å². The molecule has 1 saturated heterocycles. The van der Waals surface area contributed by atoms with Gasteiger partial charge in [-0.05, 0) is 12.1 Å². The van der Waals surface area contributed by atoms with E-state index in [1.165, 1.54) is 0 Å². The Hall–Kier alpha value is -0.800. The summed E-state index contributed by atoms with van der Waals surface area (Å²) in [6, 6.07) is 4.31. The fraction of sp³-hybridized carbons (Fsp3) is 0.600. The van der Waals surface area contributed by atoms with Gasteiger partial charge in [-0.2, -0.15) is 0 Å². The number of hydrogen-bond acceptors (Lipinski definition) is 3. The first kappa shape index (κ1) is 8.78. The minimum absolute atomic E-state index is 0.244. The molecule has 1 aliphatic heterocycles. The highest BCUT2D eigenvalue weighted by atomic mass is 16.5. The molecule has 0 unspecified atom stereocenters. The molecule has 0 radical (unpaired) electrons. The molecule has 0 bridgehead atoms. The number of ether oxygens (including phenoxy) is 1. The van der Waals surface area contributed by atoms with E-state index in [4.69, 9.17) is 9.15 Å². The zero-order valence-corrected chi connectivity index (χ0v) is 7.88. The second kappa shape index (κ2) is 3.94. The molecule has 0 amide bonds. The average Bonchev–Trinajstić information content (AvgIpc) is 2.67. The Balaban J connectivity index is 2.05. The first-order valence-electron chi connectivity index (χ1n) is 4.80. The van der Waals surface area contributed by atoms with Gasteiger partial charge < -0.3 is 14.5 Å². The van der Waals surface area contributed by atoms with E-state index in [1.54, 1.807) is 0 Å². The van der Waals surface area contributed by atoms with Gasteiger partial charge in [0.25, 0.3) is 0 Å². The largest absolute Gasteiger partial charge is 0.464 e. The number of nitrogens with one attached hydrogen (secondary N) is 1. The molecule has 1 aliphatic rings. The lowest BCUT2D eigenvalue weighted by Gasteiger charge is -2.21. The predicted octanol–water partition coefficient (Wildman–Crippen LogP) is 1.50. The fourth-order valence-electron chi connectivity index (χ4n) is 1.52. The van der Waals surface area contributed by atoms with Crippen LogP contribution in [0.4, 0.5) is 0 Å². The summed E-state index contributed by atoms with van der Waals surface area (Å²) in [7, 11) is 0. The van der Waals surface area contributed by atoms with E-state index in [0.29, 0.717) is 0 Å². The minimum atomic E-state index is 0.244. The summed E-state index contributed by atoms with van der Waals surface area (Å²) in [6.45, 7) is 4.52. The Bertz CT molecular complexity index is 264. The maximum Gasteiger partial charge on any atom is 0.123 e. The van der Waals surface area contributed by atoms with Crippen molar-refractivity contribution >= 4 is 0 Å². The van der Waals surface area contributed by atoms with Gasteiger partial charge >= 0.3 is 0 Å². The van der Waals surface area contributed by atoms with Crippen LogP contribution in [0.5, 0.6) is 0 Å². The Morgan fingerprint density at radius 3 is 3.08 bits per heavy atom. The van der Waals surface area contributed by atoms with Crippen LogP contribution in [0, 0.1) is 0 Å². The summed E-state index contributed by atoms with van der Waals surface area (Å²) in [6.07, 6.45) is 0.952. The lowest BCUT2D eigenvalue weighted by molar-refractivity contribution is 0.0695. The van der Waals surface area contributed by atoms with Crippen LogP contribution in [0.3, 0.4) is 0 Å². The monoisotopic (exact) mass is 181 g/mol. The van der Waals surface area contributed by atoms with Crippen molar-refractivity contribution in [2.24, 2.45) is 0 Å². The van der Waals surface area contributed by atoms with Crippen LogP contribution in [0.15, 0.2) is 16.5 Å². The van der Waals surface area contributed by atoms with Crippen molar-refractivity contribution < 1.29 is 9.15 Å². The van der Waals surface area contributed by atoms with E-state index in [1.807, 2.05) is 12.1 Å². The van der Waals surface area contributed by atoms with E-state index in [9.17, 15) is 0 Å². The van der Waals surface area contributed by atoms with Crippen LogP contribution >= 0.6 is 0 Å². The van der Waals surface area contributed by atoms with E-state index in [-0.39, 0.29) is 6.04 Å². The Kier molecular flexibility index (Phi) is 2.66. The molecule has 1 atom stereocenters. The number of aryl methyl sites for hydroxylation is 1. The highest BCUT2D eigenvalue weighted by Crippen LogP contribution is 2.18. The molecule has 3 nitrogen and oxygen atoms in total. The summed E-state index contributed by atoms with van der Waals surface area (Å²) in [5.74, 6) is 2.04. The highest BCUT2D eigenvalue weighted by molar-refractivity contribution is 5.11. The van der Waals surface area contributed by atoms with Crippen LogP contribution in [0.25, 0.3) is 0 Å². The molecule has 2 rings (SSSR count). The van der Waals surface area contributed by atoms with Gasteiger partial charge in [0.05, 0.1) is 19.3 Å². The van der Waals surface area contributed by atoms with Crippen LogP contribution in [-0.4, -0.2) is 19.8 Å². The lowest BCUT2D eigenvalue weighted by Crippen LogP contribution is -2.34. The van der Waals surface area contributed by atoms with Crippen LogP contribution in [-0.2, 0) is 11.2 Å². The zero-order valence-electron chi connectivity index (χ0n) is 7.88. The standard InChI is InChI=1S/C10H15NO2/c1-2-8-3-4-10(13-8)9-7-12-6-5-11-9/h3-4,9,11H,2,5-7H2,1H3/t9-/m0/s1. The van der Waals surface area contributed by atoms with Gasteiger partial charge in [0, 0.05) is 13.0 Å². The number of morpholine rings is 1. The summed E-state index contributed by atoms with van der Waals surface area (Å²) in [5, 5.41) is 3.35. The van der Waals surface area contributed by atoms with Crippen LogP contribution in [0.1, 0.15) is 24.5 Å². The minimum Gasteiger partial charge on any atom is -0.464 e. The first-order chi connectivity index (χ1) is 6.40. The van der Waals surface area contributed by atoms with Crippen molar-refractivity contribution in [3.8, 4) is 0 Å². The molecule has 1 aromatic heterocycles. The van der Waals surface area contributed by atoms with Crippen molar-refractivity contribution in [1.82, 2.24) is 5.32 Å². The normalized spacial score (nSPS) is 23.3. The molecule has 0 spiro atoms. The molecule has 1 fully saturated rings. The van der Waals surface area contributed by atoms with Gasteiger partial charge in [0.2, 0.25) is 0 Å². The molecule has 1 aromatic rings. The molecule has 0 aromatic carbocycles. The van der Waals surface area contributed by atoms with Crippen molar-refractivity contribution in [3.05, 3.63) is 23.7 Å². The van der Waals surface area contributed by atoms with E-state index in [0.717, 1.165) is 37.7 Å². The van der Waals surface area contributed by atoms with Gasteiger partial charge in [-0.25, -0.2) is 0 Å². The predicted molar refractivity (Wildman–Crippen MR) is 49.6 cm³/mol. The molecule has 1 N–H and O–H groups in total. The van der Waals surface area contributed by atoms with Gasteiger partial charge in [-0.3, -0.25) is 0 Å². The molecular weight excluding hydrogens is 166 g/mol. The van der Waals surface area contributed by atoms with Crippen molar-refractivity contribution in [3.63, 3.8) is 0 Å². The molecule has 0 saturated carbocycles. The van der Waals surface area contributed by atoms with Crippen molar-refractivity contribution in [2.45, 2.75) is 19.4 Å². The second-order valence-corrected chi connectivity index (χ2v) is 3.24. The van der Waals surface area contributed by atoms with Gasteiger partial charge in [-0.15, -0.1) is 0 Å². The average molecular weight is 181 g/mol. The van der Waals surface area contributed by atoms with Crippen molar-refractivity contribution in [2.75, 3.05) is 19.8 Å². The third-order valence-electron chi connectivity index (χ3n) is 2.30. The summed E-state index contributed by atoms with van der Waals surface area (Å²) >= 11 is 0. The first-order valence-corrected chi connectivity index (χ1v) is 4.80. The Labute approximate surface area is 78.1 Å². The van der Waals surface area contributed by atoms with E-state index in [2.05, 4.69) is 12.2 Å². The SMILES string of the molecule is CCc1ccc([C@@H]2COCCN2)o1. The highest BCUT2D eigenvalue weighted by Gasteiger charge is 2.17. The maximum atomic E-state index is 5.63. The maximum absolute atomic E-state index is 5.63. The Morgan fingerprint density at radius 1 is 1.54 bits per heavy atom.